The van der Waals surface area contributed by atoms with Crippen molar-refractivity contribution in [3.63, 3.8) is 0 Å². The Morgan fingerprint density at radius 3 is 2.51 bits per heavy atom. The highest BCUT2D eigenvalue weighted by molar-refractivity contribution is 6.10. The molecular formula is C30H26N2O3. The number of fused-ring (bicyclic) bond motifs is 1. The molecule has 4 aromatic carbocycles. The summed E-state index contributed by atoms with van der Waals surface area (Å²) in [5.41, 5.74) is 4.37. The number of methoxy groups -OCH3 is 1. The number of rotatable bonds is 7. The molecule has 0 unspecified atom stereocenters. The van der Waals surface area contributed by atoms with Crippen molar-refractivity contribution in [3.05, 3.63) is 107 Å². The Hall–Kier alpha value is -4.56. The van der Waals surface area contributed by atoms with E-state index in [0.29, 0.717) is 29.4 Å². The average Bonchev–Trinajstić information content (AvgIpc) is 2.88. The van der Waals surface area contributed by atoms with Gasteiger partial charge < -0.3 is 14.8 Å². The van der Waals surface area contributed by atoms with Crippen molar-refractivity contribution >= 4 is 28.4 Å². The zero-order valence-electron chi connectivity index (χ0n) is 20.0. The minimum atomic E-state index is -0.478. The van der Waals surface area contributed by atoms with Gasteiger partial charge in [-0.05, 0) is 60.0 Å². The number of para-hydroxylation sites is 1. The summed E-state index contributed by atoms with van der Waals surface area (Å²) in [6.45, 7) is 4.29. The topological polar surface area (TPSA) is 71.3 Å². The van der Waals surface area contributed by atoms with Gasteiger partial charge >= 0.3 is 0 Å². The van der Waals surface area contributed by atoms with Gasteiger partial charge in [0.1, 0.15) is 29.7 Å². The van der Waals surface area contributed by atoms with Crippen molar-refractivity contribution in [2.24, 2.45) is 0 Å². The van der Waals surface area contributed by atoms with Gasteiger partial charge in [-0.3, -0.25) is 4.79 Å². The molecule has 0 aliphatic carbocycles. The first-order chi connectivity index (χ1) is 17.0. The van der Waals surface area contributed by atoms with Gasteiger partial charge in [0.05, 0.1) is 7.11 Å². The second kappa shape index (κ2) is 10.6. The number of hydrogen-bond donors (Lipinski definition) is 1. The normalized spacial score (nSPS) is 11.1. The number of anilines is 1. The minimum absolute atomic E-state index is 0.0235. The zero-order chi connectivity index (χ0) is 24.8. The Morgan fingerprint density at radius 2 is 1.74 bits per heavy atom. The number of hydrogen-bond acceptors (Lipinski definition) is 4. The highest BCUT2D eigenvalue weighted by atomic mass is 16.5. The lowest BCUT2D eigenvalue weighted by atomic mass is 10.0. The van der Waals surface area contributed by atoms with Crippen LogP contribution in [0.3, 0.4) is 0 Å². The molecule has 0 fully saturated rings. The molecule has 0 aliphatic heterocycles. The predicted octanol–water partition coefficient (Wildman–Crippen LogP) is 6.59. The van der Waals surface area contributed by atoms with Crippen LogP contribution in [0.4, 0.5) is 5.69 Å². The Morgan fingerprint density at radius 1 is 0.971 bits per heavy atom. The fourth-order valence-electron chi connectivity index (χ4n) is 3.88. The number of aryl methyl sites for hydroxylation is 2. The van der Waals surface area contributed by atoms with E-state index in [9.17, 15) is 10.1 Å². The minimum Gasteiger partial charge on any atom is -0.497 e. The van der Waals surface area contributed by atoms with E-state index in [1.54, 1.807) is 37.5 Å². The third-order valence-electron chi connectivity index (χ3n) is 5.93. The molecule has 0 heterocycles. The van der Waals surface area contributed by atoms with E-state index in [4.69, 9.17) is 9.47 Å². The second-order valence-corrected chi connectivity index (χ2v) is 8.21. The van der Waals surface area contributed by atoms with Crippen molar-refractivity contribution in [1.29, 1.82) is 5.26 Å². The lowest BCUT2D eigenvalue weighted by molar-refractivity contribution is -0.112. The third-order valence-corrected chi connectivity index (χ3v) is 5.93. The molecule has 0 aliphatic rings. The maximum absolute atomic E-state index is 12.8. The monoisotopic (exact) mass is 462 g/mol. The zero-order valence-corrected chi connectivity index (χ0v) is 20.0. The highest BCUT2D eigenvalue weighted by Gasteiger charge is 2.14. The Labute approximate surface area is 205 Å². The van der Waals surface area contributed by atoms with Crippen molar-refractivity contribution in [2.45, 2.75) is 20.5 Å². The summed E-state index contributed by atoms with van der Waals surface area (Å²) in [4.78, 5) is 12.8. The number of nitriles is 1. The Bertz CT molecular complexity index is 1460. The smallest absolute Gasteiger partial charge is 0.266 e. The first kappa shape index (κ1) is 23.6. The molecule has 0 atom stereocenters. The van der Waals surface area contributed by atoms with Gasteiger partial charge in [-0.25, -0.2) is 0 Å². The van der Waals surface area contributed by atoms with Crippen molar-refractivity contribution in [2.75, 3.05) is 12.4 Å². The molecule has 5 nitrogen and oxygen atoms in total. The van der Waals surface area contributed by atoms with Crippen molar-refractivity contribution in [3.8, 4) is 17.6 Å². The van der Waals surface area contributed by atoms with Crippen LogP contribution in [-0.4, -0.2) is 13.0 Å². The quantitative estimate of drug-likeness (QED) is 0.248. The van der Waals surface area contributed by atoms with Crippen LogP contribution < -0.4 is 14.8 Å². The van der Waals surface area contributed by atoms with E-state index in [1.807, 2.05) is 43.3 Å². The molecule has 1 amide bonds. The predicted molar refractivity (Wildman–Crippen MR) is 139 cm³/mol. The molecule has 5 heteroatoms. The SMILES string of the molecule is COc1ccc(/C=C(\C#N)C(=O)Nc2ccccc2C)c(OCc2c(C)ccc3ccccc23)c1. The summed E-state index contributed by atoms with van der Waals surface area (Å²) in [7, 11) is 1.58. The number of ether oxygens (including phenoxy) is 2. The summed E-state index contributed by atoms with van der Waals surface area (Å²) < 4.78 is 11.6. The molecule has 0 radical (unpaired) electrons. The van der Waals surface area contributed by atoms with Crippen LogP contribution in [-0.2, 0) is 11.4 Å². The van der Waals surface area contributed by atoms with Crippen LogP contribution in [0.25, 0.3) is 16.8 Å². The van der Waals surface area contributed by atoms with E-state index in [2.05, 4.69) is 36.5 Å². The summed E-state index contributed by atoms with van der Waals surface area (Å²) in [6, 6.07) is 27.1. The maximum Gasteiger partial charge on any atom is 0.266 e. The molecule has 0 bridgehead atoms. The molecule has 4 aromatic rings. The molecule has 35 heavy (non-hydrogen) atoms. The van der Waals surface area contributed by atoms with Crippen LogP contribution in [0.1, 0.15) is 22.3 Å². The van der Waals surface area contributed by atoms with E-state index in [0.717, 1.165) is 27.5 Å². The summed E-state index contributed by atoms with van der Waals surface area (Å²) in [6.07, 6.45) is 1.54. The van der Waals surface area contributed by atoms with Crippen LogP contribution in [0.2, 0.25) is 0 Å². The molecular weight excluding hydrogens is 436 g/mol. The number of carbonyl (C=O) groups is 1. The Balaban J connectivity index is 1.65. The second-order valence-electron chi connectivity index (χ2n) is 8.21. The molecule has 0 saturated carbocycles. The van der Waals surface area contributed by atoms with Gasteiger partial charge in [-0.2, -0.15) is 5.26 Å². The fourth-order valence-corrected chi connectivity index (χ4v) is 3.88. The molecule has 4 rings (SSSR count). The van der Waals surface area contributed by atoms with Gasteiger partial charge in [0.25, 0.3) is 5.91 Å². The van der Waals surface area contributed by atoms with Gasteiger partial charge in [-0.1, -0.05) is 54.6 Å². The van der Waals surface area contributed by atoms with Gasteiger partial charge in [0.15, 0.2) is 0 Å². The van der Waals surface area contributed by atoms with Gasteiger partial charge in [0, 0.05) is 22.9 Å². The van der Waals surface area contributed by atoms with Crippen LogP contribution in [0.5, 0.6) is 11.5 Å². The molecule has 0 saturated heterocycles. The van der Waals surface area contributed by atoms with Crippen LogP contribution in [0.15, 0.2) is 84.4 Å². The average molecular weight is 463 g/mol. The summed E-state index contributed by atoms with van der Waals surface area (Å²) in [5, 5.41) is 14.8. The molecule has 1 N–H and O–H groups in total. The lowest BCUT2D eigenvalue weighted by Crippen LogP contribution is -2.14. The first-order valence-corrected chi connectivity index (χ1v) is 11.3. The van der Waals surface area contributed by atoms with Crippen molar-refractivity contribution in [1.82, 2.24) is 0 Å². The first-order valence-electron chi connectivity index (χ1n) is 11.3. The van der Waals surface area contributed by atoms with E-state index in [-0.39, 0.29) is 5.57 Å². The summed E-state index contributed by atoms with van der Waals surface area (Å²) >= 11 is 0. The maximum atomic E-state index is 12.8. The van der Waals surface area contributed by atoms with Crippen molar-refractivity contribution < 1.29 is 14.3 Å². The van der Waals surface area contributed by atoms with E-state index < -0.39 is 5.91 Å². The van der Waals surface area contributed by atoms with Crippen LogP contribution >= 0.6 is 0 Å². The fraction of sp³-hybridized carbons (Fsp3) is 0.133. The molecule has 0 spiro atoms. The molecule has 0 aromatic heterocycles. The standard InChI is InChI=1S/C30H26N2O3/c1-20-12-13-22-9-5-6-10-26(22)27(20)19-35-29-17-25(34-3)15-14-23(29)16-24(18-31)30(33)32-28-11-7-4-8-21(28)2/h4-17H,19H2,1-3H3,(H,32,33)/b24-16+. The number of nitrogens with one attached hydrogen (secondary N) is 1. The van der Waals surface area contributed by atoms with E-state index in [1.165, 1.54) is 0 Å². The number of nitrogens with zero attached hydrogens (tertiary/aromatic N) is 1. The Kier molecular flexibility index (Phi) is 7.13. The molecule has 174 valence electrons. The van der Waals surface area contributed by atoms with E-state index >= 15 is 0 Å². The van der Waals surface area contributed by atoms with Gasteiger partial charge in [-0.15, -0.1) is 0 Å². The van der Waals surface area contributed by atoms with Gasteiger partial charge in [0.2, 0.25) is 0 Å². The number of benzene rings is 4. The lowest BCUT2D eigenvalue weighted by Gasteiger charge is -2.15. The highest BCUT2D eigenvalue weighted by Crippen LogP contribution is 2.30. The van der Waals surface area contributed by atoms with Crippen LogP contribution in [0, 0.1) is 25.2 Å². The largest absolute Gasteiger partial charge is 0.497 e. The summed E-state index contributed by atoms with van der Waals surface area (Å²) in [5.74, 6) is 0.663. The number of amides is 1. The third kappa shape index (κ3) is 5.34. The number of carbonyl (C=O) groups excluding carboxylic acids is 1.